The van der Waals surface area contributed by atoms with Crippen molar-refractivity contribution in [2.24, 2.45) is 4.99 Å². The Morgan fingerprint density at radius 3 is 2.48 bits per heavy atom. The summed E-state index contributed by atoms with van der Waals surface area (Å²) in [5.74, 6) is 0.497. The Bertz CT molecular complexity index is 708. The Labute approximate surface area is 160 Å². The number of nitrogens with one attached hydrogen (secondary N) is 2. The van der Waals surface area contributed by atoms with Gasteiger partial charge in [0.1, 0.15) is 5.82 Å². The zero-order valence-corrected chi connectivity index (χ0v) is 16.0. The minimum atomic E-state index is -0.207. The average Bonchev–Trinajstić information content (AvgIpc) is 2.71. The number of anilines is 1. The van der Waals surface area contributed by atoms with Crippen LogP contribution in [0.4, 0.5) is 10.1 Å². The fourth-order valence-corrected chi connectivity index (χ4v) is 2.86. The molecule has 0 aromatic heterocycles. The molecular weight excluding hydrogens is 343 g/mol. The zero-order chi connectivity index (χ0) is 19.5. The molecule has 2 aromatic rings. The van der Waals surface area contributed by atoms with Gasteiger partial charge in [-0.25, -0.2) is 4.39 Å². The molecule has 27 heavy (non-hydrogen) atoms. The molecule has 0 amide bonds. The van der Waals surface area contributed by atoms with Crippen LogP contribution in [0.5, 0.6) is 0 Å². The highest BCUT2D eigenvalue weighted by molar-refractivity contribution is 5.79. The lowest BCUT2D eigenvalue weighted by Gasteiger charge is -2.21. The number of aliphatic imine (C=N–C) groups is 1. The molecule has 3 N–H and O–H groups in total. The quantitative estimate of drug-likeness (QED) is 0.360. The summed E-state index contributed by atoms with van der Waals surface area (Å²) in [6, 6.07) is 16.7. The number of hydrogen-bond donors (Lipinski definition) is 3. The van der Waals surface area contributed by atoms with Gasteiger partial charge in [-0.05, 0) is 24.1 Å². The number of halogens is 1. The van der Waals surface area contributed by atoms with Crippen LogP contribution in [-0.2, 0) is 0 Å². The third kappa shape index (κ3) is 6.57. The molecule has 0 aliphatic rings. The van der Waals surface area contributed by atoms with Crippen LogP contribution < -0.4 is 15.5 Å². The topological polar surface area (TPSA) is 59.9 Å². The number of benzene rings is 2. The summed E-state index contributed by atoms with van der Waals surface area (Å²) in [6.07, 6.45) is 0.841. The highest BCUT2D eigenvalue weighted by atomic mass is 19.1. The summed E-state index contributed by atoms with van der Waals surface area (Å²) in [5, 5.41) is 16.1. The van der Waals surface area contributed by atoms with Gasteiger partial charge >= 0.3 is 0 Å². The second-order valence-electron chi connectivity index (χ2n) is 6.40. The first-order chi connectivity index (χ1) is 13.2. The van der Waals surface area contributed by atoms with Crippen molar-refractivity contribution in [2.45, 2.75) is 12.3 Å². The first-order valence-electron chi connectivity index (χ1n) is 9.21. The molecular formula is C21H29FN4O. The molecule has 0 aliphatic heterocycles. The Balaban J connectivity index is 1.73. The fourth-order valence-electron chi connectivity index (χ4n) is 2.86. The molecule has 1 atom stereocenters. The minimum absolute atomic E-state index is 0.0111. The molecule has 2 rings (SSSR count). The van der Waals surface area contributed by atoms with Crippen molar-refractivity contribution in [3.63, 3.8) is 0 Å². The van der Waals surface area contributed by atoms with Crippen LogP contribution in [0.15, 0.2) is 59.6 Å². The largest absolute Gasteiger partial charge is 0.396 e. The first-order valence-corrected chi connectivity index (χ1v) is 9.21. The van der Waals surface area contributed by atoms with E-state index in [-0.39, 0.29) is 18.3 Å². The molecule has 0 spiro atoms. The van der Waals surface area contributed by atoms with Crippen molar-refractivity contribution in [3.05, 3.63) is 66.0 Å². The SMILES string of the molecule is CN=C(NCCCN(C)c1ccccc1F)NCC(CO)c1ccccc1. The predicted molar refractivity (Wildman–Crippen MR) is 110 cm³/mol. The summed E-state index contributed by atoms with van der Waals surface area (Å²) >= 11 is 0. The van der Waals surface area contributed by atoms with Crippen LogP contribution in [0.25, 0.3) is 0 Å². The van der Waals surface area contributed by atoms with Crippen LogP contribution in [0.2, 0.25) is 0 Å². The van der Waals surface area contributed by atoms with Gasteiger partial charge in [-0.1, -0.05) is 42.5 Å². The van der Waals surface area contributed by atoms with Crippen molar-refractivity contribution >= 4 is 11.6 Å². The van der Waals surface area contributed by atoms with Crippen molar-refractivity contribution in [2.75, 3.05) is 45.2 Å². The number of aliphatic hydroxyl groups excluding tert-OH is 1. The van der Waals surface area contributed by atoms with Crippen LogP contribution in [0.1, 0.15) is 17.9 Å². The van der Waals surface area contributed by atoms with Crippen LogP contribution in [0.3, 0.4) is 0 Å². The number of hydrogen-bond acceptors (Lipinski definition) is 3. The number of rotatable bonds is 9. The van der Waals surface area contributed by atoms with Crippen molar-refractivity contribution < 1.29 is 9.50 Å². The van der Waals surface area contributed by atoms with Gasteiger partial charge in [-0.2, -0.15) is 0 Å². The Kier molecular flexibility index (Phi) is 8.58. The maximum atomic E-state index is 13.8. The third-order valence-electron chi connectivity index (χ3n) is 4.46. The standard InChI is InChI=1S/C21H29FN4O/c1-23-21(25-15-18(16-27)17-9-4-3-5-10-17)24-13-8-14-26(2)20-12-7-6-11-19(20)22/h3-7,9-12,18,27H,8,13-16H2,1-2H3,(H2,23,24,25). The van der Waals surface area contributed by atoms with E-state index in [0.29, 0.717) is 24.7 Å². The average molecular weight is 372 g/mol. The van der Waals surface area contributed by atoms with E-state index in [9.17, 15) is 9.50 Å². The van der Waals surface area contributed by atoms with Gasteiger partial charge in [0.25, 0.3) is 0 Å². The van der Waals surface area contributed by atoms with Crippen molar-refractivity contribution in [3.8, 4) is 0 Å². The van der Waals surface area contributed by atoms with Gasteiger partial charge in [-0.15, -0.1) is 0 Å². The maximum absolute atomic E-state index is 13.8. The number of nitrogens with zero attached hydrogens (tertiary/aromatic N) is 2. The lowest BCUT2D eigenvalue weighted by Crippen LogP contribution is -2.40. The van der Waals surface area contributed by atoms with Gasteiger partial charge in [-0.3, -0.25) is 4.99 Å². The summed E-state index contributed by atoms with van der Waals surface area (Å²) in [7, 11) is 3.61. The van der Waals surface area contributed by atoms with E-state index in [2.05, 4.69) is 15.6 Å². The van der Waals surface area contributed by atoms with E-state index in [0.717, 1.165) is 18.5 Å². The van der Waals surface area contributed by atoms with E-state index < -0.39 is 0 Å². The van der Waals surface area contributed by atoms with E-state index in [1.807, 2.05) is 48.3 Å². The van der Waals surface area contributed by atoms with Gasteiger partial charge in [0.05, 0.1) is 12.3 Å². The van der Waals surface area contributed by atoms with E-state index >= 15 is 0 Å². The van der Waals surface area contributed by atoms with E-state index in [1.54, 1.807) is 19.2 Å². The lowest BCUT2D eigenvalue weighted by atomic mass is 10.0. The molecule has 1 unspecified atom stereocenters. The molecule has 0 fully saturated rings. The third-order valence-corrected chi connectivity index (χ3v) is 4.46. The second kappa shape index (κ2) is 11.2. The summed E-state index contributed by atoms with van der Waals surface area (Å²) in [4.78, 5) is 6.12. The second-order valence-corrected chi connectivity index (χ2v) is 6.40. The van der Waals surface area contributed by atoms with Gasteiger partial charge in [0.2, 0.25) is 0 Å². The fraction of sp³-hybridized carbons (Fsp3) is 0.381. The smallest absolute Gasteiger partial charge is 0.191 e. The van der Waals surface area contributed by atoms with Gasteiger partial charge in [0, 0.05) is 39.6 Å². The molecule has 146 valence electrons. The molecule has 2 aromatic carbocycles. The molecule has 0 bridgehead atoms. The van der Waals surface area contributed by atoms with Crippen molar-refractivity contribution in [1.82, 2.24) is 10.6 Å². The Hall–Kier alpha value is -2.60. The Morgan fingerprint density at radius 1 is 1.11 bits per heavy atom. The van der Waals surface area contributed by atoms with Gasteiger partial charge in [0.15, 0.2) is 5.96 Å². The van der Waals surface area contributed by atoms with Crippen LogP contribution >= 0.6 is 0 Å². The van der Waals surface area contributed by atoms with Crippen LogP contribution in [-0.4, -0.2) is 51.4 Å². The lowest BCUT2D eigenvalue weighted by molar-refractivity contribution is 0.265. The highest BCUT2D eigenvalue weighted by Crippen LogP contribution is 2.17. The normalized spacial score (nSPS) is 12.5. The molecule has 0 saturated carbocycles. The molecule has 0 radical (unpaired) electrons. The van der Waals surface area contributed by atoms with E-state index in [1.165, 1.54) is 6.07 Å². The number of para-hydroxylation sites is 1. The first kappa shape index (κ1) is 20.7. The summed E-state index contributed by atoms with van der Waals surface area (Å²) in [6.45, 7) is 2.11. The monoisotopic (exact) mass is 372 g/mol. The summed E-state index contributed by atoms with van der Waals surface area (Å²) < 4.78 is 13.8. The molecule has 5 nitrogen and oxygen atoms in total. The maximum Gasteiger partial charge on any atom is 0.191 e. The van der Waals surface area contributed by atoms with E-state index in [4.69, 9.17) is 0 Å². The van der Waals surface area contributed by atoms with Gasteiger partial charge < -0.3 is 20.6 Å². The number of guanidine groups is 1. The van der Waals surface area contributed by atoms with Crippen molar-refractivity contribution in [1.29, 1.82) is 0 Å². The summed E-state index contributed by atoms with van der Waals surface area (Å²) in [5.41, 5.74) is 1.70. The van der Waals surface area contributed by atoms with Crippen LogP contribution in [0, 0.1) is 5.82 Å². The molecule has 0 saturated heterocycles. The highest BCUT2D eigenvalue weighted by Gasteiger charge is 2.11. The predicted octanol–water partition coefficient (Wildman–Crippen LogP) is 2.59. The number of aliphatic hydroxyl groups is 1. The molecule has 6 heteroatoms. The molecule has 0 heterocycles. The molecule has 0 aliphatic carbocycles. The Morgan fingerprint density at radius 2 is 1.81 bits per heavy atom. The zero-order valence-electron chi connectivity index (χ0n) is 16.0. The minimum Gasteiger partial charge on any atom is -0.396 e.